The van der Waals surface area contributed by atoms with Crippen molar-refractivity contribution in [2.45, 2.75) is 6.04 Å². The Morgan fingerprint density at radius 1 is 1.07 bits per heavy atom. The molecule has 1 N–H and O–H groups in total. The zero-order valence-electron chi connectivity index (χ0n) is 15.5. The van der Waals surface area contributed by atoms with Gasteiger partial charge in [-0.1, -0.05) is 34.1 Å². The normalized spacial score (nSPS) is 17.7. The highest BCUT2D eigenvalue weighted by Gasteiger charge is 2.47. The highest BCUT2D eigenvalue weighted by atomic mass is 79.9. The van der Waals surface area contributed by atoms with Crippen molar-refractivity contribution < 1.29 is 14.7 Å². The van der Waals surface area contributed by atoms with E-state index in [2.05, 4.69) is 20.9 Å². The monoisotopic (exact) mass is 459 g/mol. The molecule has 0 bridgehead atoms. The van der Waals surface area contributed by atoms with Crippen molar-refractivity contribution in [1.82, 2.24) is 4.98 Å². The Hall–Kier alpha value is -3.76. The van der Waals surface area contributed by atoms with Crippen molar-refractivity contribution in [2.75, 3.05) is 4.90 Å². The number of aliphatic hydroxyl groups is 1. The summed E-state index contributed by atoms with van der Waals surface area (Å²) in [4.78, 5) is 31.4. The van der Waals surface area contributed by atoms with E-state index in [0.29, 0.717) is 22.4 Å². The summed E-state index contributed by atoms with van der Waals surface area (Å²) in [5.41, 5.74) is 1.87. The highest BCUT2D eigenvalue weighted by molar-refractivity contribution is 9.10. The number of hydrogen-bond donors (Lipinski definition) is 1. The first-order valence-electron chi connectivity index (χ1n) is 8.98. The van der Waals surface area contributed by atoms with Crippen LogP contribution in [0.2, 0.25) is 0 Å². The summed E-state index contributed by atoms with van der Waals surface area (Å²) in [6.45, 7) is 0. The standard InChI is InChI=1S/C23H14BrN3O3/c24-17-7-5-15(6-8-17)21(28)19-20(16-2-1-11-26-13-16)27(23(30)22(19)29)18-9-3-14(12-25)4-10-18/h1-11,13,20,28H/b21-19-. The number of nitrogens with zero attached hydrogens (tertiary/aromatic N) is 3. The van der Waals surface area contributed by atoms with Gasteiger partial charge in [0.2, 0.25) is 0 Å². The van der Waals surface area contributed by atoms with Gasteiger partial charge in [0, 0.05) is 28.1 Å². The van der Waals surface area contributed by atoms with Gasteiger partial charge in [0.1, 0.15) is 5.76 Å². The largest absolute Gasteiger partial charge is 0.507 e. The quantitative estimate of drug-likeness (QED) is 0.357. The molecule has 6 nitrogen and oxygen atoms in total. The van der Waals surface area contributed by atoms with Gasteiger partial charge >= 0.3 is 0 Å². The number of Topliss-reactive ketones (excluding diaryl/α,β-unsaturated/α-hetero) is 1. The average Bonchev–Trinajstić information content (AvgIpc) is 3.05. The molecule has 146 valence electrons. The number of amides is 1. The predicted octanol–water partition coefficient (Wildman–Crippen LogP) is 4.34. The van der Waals surface area contributed by atoms with E-state index in [-0.39, 0.29) is 11.3 Å². The fourth-order valence-corrected chi connectivity index (χ4v) is 3.68. The van der Waals surface area contributed by atoms with Gasteiger partial charge < -0.3 is 5.11 Å². The van der Waals surface area contributed by atoms with Crippen molar-refractivity contribution in [1.29, 1.82) is 5.26 Å². The molecule has 1 unspecified atom stereocenters. The molecular weight excluding hydrogens is 446 g/mol. The molecule has 1 atom stereocenters. The van der Waals surface area contributed by atoms with Crippen LogP contribution in [0.1, 0.15) is 22.7 Å². The maximum Gasteiger partial charge on any atom is 0.300 e. The SMILES string of the molecule is N#Cc1ccc(N2C(=O)C(=O)/C(=C(\O)c3ccc(Br)cc3)C2c2cccnc2)cc1. The van der Waals surface area contributed by atoms with Crippen molar-refractivity contribution >= 4 is 39.1 Å². The number of pyridine rings is 1. The van der Waals surface area contributed by atoms with Crippen LogP contribution in [0.15, 0.2) is 83.1 Å². The summed E-state index contributed by atoms with van der Waals surface area (Å²) in [5, 5.41) is 20.0. The lowest BCUT2D eigenvalue weighted by Gasteiger charge is -2.25. The fraction of sp³-hybridized carbons (Fsp3) is 0.0435. The number of hydrogen-bond acceptors (Lipinski definition) is 5. The van der Waals surface area contributed by atoms with E-state index in [9.17, 15) is 14.7 Å². The van der Waals surface area contributed by atoms with Gasteiger partial charge in [0.25, 0.3) is 11.7 Å². The molecule has 2 heterocycles. The van der Waals surface area contributed by atoms with Gasteiger partial charge in [-0.25, -0.2) is 0 Å². The first-order valence-corrected chi connectivity index (χ1v) is 9.77. The summed E-state index contributed by atoms with van der Waals surface area (Å²) >= 11 is 3.34. The van der Waals surface area contributed by atoms with Crippen molar-refractivity contribution in [3.05, 3.63) is 99.8 Å². The third-order valence-electron chi connectivity index (χ3n) is 4.84. The van der Waals surface area contributed by atoms with E-state index in [1.54, 1.807) is 73.1 Å². The first-order chi connectivity index (χ1) is 14.5. The van der Waals surface area contributed by atoms with Crippen LogP contribution < -0.4 is 4.90 Å². The van der Waals surface area contributed by atoms with E-state index in [0.717, 1.165) is 4.47 Å². The molecule has 0 spiro atoms. The van der Waals surface area contributed by atoms with Gasteiger partial charge in [0.15, 0.2) is 0 Å². The number of benzene rings is 2. The Bertz CT molecular complexity index is 1200. The molecule has 0 aliphatic carbocycles. The molecule has 0 saturated carbocycles. The Balaban J connectivity index is 1.92. The third kappa shape index (κ3) is 3.38. The molecule has 7 heteroatoms. The summed E-state index contributed by atoms with van der Waals surface area (Å²) in [5.74, 6) is -1.80. The highest BCUT2D eigenvalue weighted by Crippen LogP contribution is 2.41. The van der Waals surface area contributed by atoms with Gasteiger partial charge in [-0.05, 0) is 48.0 Å². The zero-order valence-corrected chi connectivity index (χ0v) is 17.1. The van der Waals surface area contributed by atoms with Gasteiger partial charge in [-0.15, -0.1) is 0 Å². The number of anilines is 1. The average molecular weight is 460 g/mol. The van der Waals surface area contributed by atoms with E-state index in [1.807, 2.05) is 6.07 Å². The minimum atomic E-state index is -0.852. The van der Waals surface area contributed by atoms with E-state index in [1.165, 1.54) is 4.90 Å². The number of carbonyl (C=O) groups is 2. The summed E-state index contributed by atoms with van der Waals surface area (Å²) < 4.78 is 0.820. The second-order valence-corrected chi connectivity index (χ2v) is 7.54. The summed E-state index contributed by atoms with van der Waals surface area (Å²) in [6, 6.07) is 17.8. The molecule has 1 fully saturated rings. The molecule has 1 saturated heterocycles. The second kappa shape index (κ2) is 7.93. The summed E-state index contributed by atoms with van der Waals surface area (Å²) in [6.07, 6.45) is 3.15. The predicted molar refractivity (Wildman–Crippen MR) is 114 cm³/mol. The van der Waals surface area contributed by atoms with E-state index in [4.69, 9.17) is 5.26 Å². The minimum absolute atomic E-state index is 0.0142. The molecule has 3 aromatic rings. The lowest BCUT2D eigenvalue weighted by molar-refractivity contribution is -0.132. The maximum atomic E-state index is 13.0. The Morgan fingerprint density at radius 3 is 2.37 bits per heavy atom. The van der Waals surface area contributed by atoms with Gasteiger partial charge in [-0.2, -0.15) is 5.26 Å². The van der Waals surface area contributed by atoms with Gasteiger partial charge in [-0.3, -0.25) is 19.5 Å². The molecular formula is C23H14BrN3O3. The van der Waals surface area contributed by atoms with Gasteiger partial charge in [0.05, 0.1) is 23.2 Å². The molecule has 2 aromatic carbocycles. The lowest BCUT2D eigenvalue weighted by Crippen LogP contribution is -2.29. The first kappa shape index (κ1) is 19.6. The van der Waals surface area contributed by atoms with Crippen LogP contribution in [0.25, 0.3) is 5.76 Å². The lowest BCUT2D eigenvalue weighted by atomic mass is 9.96. The second-order valence-electron chi connectivity index (χ2n) is 6.62. The van der Waals surface area contributed by atoms with Crippen molar-refractivity contribution in [2.24, 2.45) is 0 Å². The van der Waals surface area contributed by atoms with E-state index >= 15 is 0 Å². The molecule has 30 heavy (non-hydrogen) atoms. The topological polar surface area (TPSA) is 94.3 Å². The Labute approximate surface area is 180 Å². The maximum absolute atomic E-state index is 13.0. The summed E-state index contributed by atoms with van der Waals surface area (Å²) in [7, 11) is 0. The molecule has 1 aromatic heterocycles. The van der Waals surface area contributed by atoms with Crippen LogP contribution in [0.3, 0.4) is 0 Å². The molecule has 1 aliphatic heterocycles. The fourth-order valence-electron chi connectivity index (χ4n) is 3.41. The number of nitriles is 1. The van der Waals surface area contributed by atoms with Crippen LogP contribution in [0.4, 0.5) is 5.69 Å². The molecule has 0 radical (unpaired) electrons. The third-order valence-corrected chi connectivity index (χ3v) is 5.37. The zero-order chi connectivity index (χ0) is 21.3. The number of carbonyl (C=O) groups excluding carboxylic acids is 2. The van der Waals surface area contributed by atoms with Crippen LogP contribution in [0, 0.1) is 11.3 Å². The van der Waals surface area contributed by atoms with Crippen LogP contribution in [-0.4, -0.2) is 21.8 Å². The smallest absolute Gasteiger partial charge is 0.300 e. The van der Waals surface area contributed by atoms with Crippen molar-refractivity contribution in [3.8, 4) is 6.07 Å². The molecule has 1 amide bonds. The number of aromatic nitrogens is 1. The van der Waals surface area contributed by atoms with E-state index < -0.39 is 17.7 Å². The number of aliphatic hydroxyl groups excluding tert-OH is 1. The van der Waals surface area contributed by atoms with Crippen molar-refractivity contribution in [3.63, 3.8) is 0 Å². The number of rotatable bonds is 3. The molecule has 1 aliphatic rings. The minimum Gasteiger partial charge on any atom is -0.507 e. The Kier molecular flexibility index (Phi) is 5.17. The number of halogens is 1. The Morgan fingerprint density at radius 2 is 1.77 bits per heavy atom. The van der Waals surface area contributed by atoms with Crippen LogP contribution in [-0.2, 0) is 9.59 Å². The number of ketones is 1. The molecule has 4 rings (SSSR count). The van der Waals surface area contributed by atoms with Crippen LogP contribution >= 0.6 is 15.9 Å². The van der Waals surface area contributed by atoms with Crippen LogP contribution in [0.5, 0.6) is 0 Å².